The van der Waals surface area contributed by atoms with E-state index in [2.05, 4.69) is 121 Å². The summed E-state index contributed by atoms with van der Waals surface area (Å²) in [7, 11) is 0. The third-order valence-corrected chi connectivity index (χ3v) is 8.61. The molecule has 0 radical (unpaired) electrons. The predicted molar refractivity (Wildman–Crippen MR) is 161 cm³/mol. The third kappa shape index (κ3) is 3.20. The van der Waals surface area contributed by atoms with Crippen molar-refractivity contribution in [1.29, 1.82) is 0 Å². The highest BCUT2D eigenvalue weighted by molar-refractivity contribution is 7.26. The summed E-state index contributed by atoms with van der Waals surface area (Å²) in [5.74, 6) is 0. The van der Waals surface area contributed by atoms with Gasteiger partial charge in [0, 0.05) is 27.1 Å². The van der Waals surface area contributed by atoms with Gasteiger partial charge in [-0.05, 0) is 55.9 Å². The number of rotatable bonds is 2. The van der Waals surface area contributed by atoms with Gasteiger partial charge in [-0.2, -0.15) is 0 Å². The quantitative estimate of drug-likeness (QED) is 0.221. The summed E-state index contributed by atoms with van der Waals surface area (Å²) in [6.45, 7) is 0. The first kappa shape index (κ1) is 20.6. The van der Waals surface area contributed by atoms with Crippen molar-refractivity contribution >= 4 is 64.0 Å². The zero-order chi connectivity index (χ0) is 24.3. The largest absolute Gasteiger partial charge is 0.255 e. The lowest BCUT2D eigenvalue weighted by molar-refractivity contribution is 1.45. The van der Waals surface area contributed by atoms with Crippen molar-refractivity contribution in [1.82, 2.24) is 4.98 Å². The molecule has 0 N–H and O–H groups in total. The van der Waals surface area contributed by atoms with Crippen LogP contribution in [0.1, 0.15) is 0 Å². The van der Waals surface area contributed by atoms with Crippen molar-refractivity contribution in [2.45, 2.75) is 0 Å². The molecule has 0 bridgehead atoms. The van der Waals surface area contributed by atoms with E-state index in [4.69, 9.17) is 4.98 Å². The molecule has 1 nitrogen and oxygen atoms in total. The molecule has 0 aliphatic carbocycles. The number of pyridine rings is 1. The Kier molecular flexibility index (Phi) is 4.46. The second-order valence-corrected chi connectivity index (χ2v) is 10.7. The van der Waals surface area contributed by atoms with E-state index < -0.39 is 0 Å². The van der Waals surface area contributed by atoms with E-state index in [0.717, 1.165) is 5.52 Å². The first-order valence-corrected chi connectivity index (χ1v) is 13.4. The Morgan fingerprint density at radius 3 is 2.11 bits per heavy atom. The minimum atomic E-state index is 1.04. The van der Waals surface area contributed by atoms with Gasteiger partial charge >= 0.3 is 0 Å². The van der Waals surface area contributed by atoms with Gasteiger partial charge in [0.25, 0.3) is 0 Å². The van der Waals surface area contributed by atoms with E-state index in [9.17, 15) is 0 Å². The van der Waals surface area contributed by atoms with Crippen molar-refractivity contribution in [3.8, 4) is 22.3 Å². The van der Waals surface area contributed by atoms with Gasteiger partial charge < -0.3 is 0 Å². The number of aromatic nitrogens is 1. The lowest BCUT2D eigenvalue weighted by atomic mass is 9.93. The molecule has 0 aliphatic heterocycles. The SMILES string of the molecule is c1ccc2c(c1)ccc1cccc(-c3ccc(-c4ccc5c(c4)ncc4sc6ccccc6c45)cc3)c12. The van der Waals surface area contributed by atoms with Crippen molar-refractivity contribution in [2.75, 3.05) is 0 Å². The number of thiophene rings is 1. The highest BCUT2D eigenvalue weighted by atomic mass is 32.1. The van der Waals surface area contributed by atoms with Crippen molar-refractivity contribution in [3.63, 3.8) is 0 Å². The molecule has 0 fully saturated rings. The summed E-state index contributed by atoms with van der Waals surface area (Å²) < 4.78 is 2.56. The van der Waals surface area contributed by atoms with Crippen molar-refractivity contribution < 1.29 is 0 Å². The van der Waals surface area contributed by atoms with E-state index in [1.165, 1.54) is 69.4 Å². The Hall–Kier alpha value is -4.53. The van der Waals surface area contributed by atoms with Crippen LogP contribution in [0.15, 0.2) is 128 Å². The minimum absolute atomic E-state index is 1.04. The van der Waals surface area contributed by atoms with Crippen LogP contribution >= 0.6 is 11.3 Å². The Bertz CT molecular complexity index is 2130. The maximum atomic E-state index is 4.83. The zero-order valence-corrected chi connectivity index (χ0v) is 20.8. The van der Waals surface area contributed by atoms with Crippen LogP contribution in [0.4, 0.5) is 0 Å². The lowest BCUT2D eigenvalue weighted by Gasteiger charge is -2.11. The number of benzene rings is 6. The fraction of sp³-hybridized carbons (Fsp3) is 0. The fourth-order valence-corrected chi connectivity index (χ4v) is 6.82. The van der Waals surface area contributed by atoms with E-state index in [-0.39, 0.29) is 0 Å². The molecule has 0 atom stereocenters. The number of hydrogen-bond donors (Lipinski definition) is 0. The molecule has 2 heterocycles. The van der Waals surface area contributed by atoms with Crippen LogP contribution in [0, 0.1) is 0 Å². The molecule has 0 saturated carbocycles. The highest BCUT2D eigenvalue weighted by Crippen LogP contribution is 2.39. The molecule has 6 aromatic carbocycles. The molecule has 172 valence electrons. The summed E-state index contributed by atoms with van der Waals surface area (Å²) in [6, 6.07) is 44.0. The first-order chi connectivity index (χ1) is 18.3. The van der Waals surface area contributed by atoms with Gasteiger partial charge in [-0.15, -0.1) is 11.3 Å². The average Bonchev–Trinajstić information content (AvgIpc) is 3.36. The fourth-order valence-electron chi connectivity index (χ4n) is 5.73. The molecule has 2 heteroatoms. The van der Waals surface area contributed by atoms with E-state index in [1.807, 2.05) is 17.5 Å². The van der Waals surface area contributed by atoms with E-state index in [1.54, 1.807) is 0 Å². The van der Waals surface area contributed by atoms with Crippen LogP contribution in [0.25, 0.3) is 74.9 Å². The van der Waals surface area contributed by atoms with Crippen LogP contribution in [-0.4, -0.2) is 4.98 Å². The van der Waals surface area contributed by atoms with E-state index >= 15 is 0 Å². The summed E-state index contributed by atoms with van der Waals surface area (Å²) in [4.78, 5) is 4.83. The molecular weight excluding hydrogens is 466 g/mol. The van der Waals surface area contributed by atoms with Crippen LogP contribution < -0.4 is 0 Å². The smallest absolute Gasteiger partial charge is 0.0715 e. The molecule has 0 saturated heterocycles. The summed E-state index contributed by atoms with van der Waals surface area (Å²) in [6.07, 6.45) is 2.03. The second-order valence-electron chi connectivity index (χ2n) is 9.60. The van der Waals surface area contributed by atoms with Gasteiger partial charge in [-0.1, -0.05) is 109 Å². The highest BCUT2D eigenvalue weighted by Gasteiger charge is 2.11. The summed E-state index contributed by atoms with van der Waals surface area (Å²) in [5, 5.41) is 9.01. The van der Waals surface area contributed by atoms with Crippen LogP contribution in [0.2, 0.25) is 0 Å². The predicted octanol–water partition coefficient (Wildman–Crippen LogP) is 10.2. The van der Waals surface area contributed by atoms with Crippen molar-refractivity contribution in [2.24, 2.45) is 0 Å². The maximum Gasteiger partial charge on any atom is 0.0715 e. The van der Waals surface area contributed by atoms with Crippen LogP contribution in [-0.2, 0) is 0 Å². The Balaban J connectivity index is 1.24. The molecule has 8 rings (SSSR count). The average molecular weight is 488 g/mol. The monoisotopic (exact) mass is 487 g/mol. The number of nitrogens with zero attached hydrogens (tertiary/aromatic N) is 1. The topological polar surface area (TPSA) is 12.9 Å². The minimum Gasteiger partial charge on any atom is -0.255 e. The summed E-state index contributed by atoms with van der Waals surface area (Å²) >= 11 is 1.82. The van der Waals surface area contributed by atoms with Crippen LogP contribution in [0.3, 0.4) is 0 Å². The molecule has 0 amide bonds. The van der Waals surface area contributed by atoms with Gasteiger partial charge in [-0.3, -0.25) is 4.98 Å². The third-order valence-electron chi connectivity index (χ3n) is 7.51. The Morgan fingerprint density at radius 2 is 1.19 bits per heavy atom. The summed E-state index contributed by atoms with van der Waals surface area (Å²) in [5.41, 5.74) is 5.93. The van der Waals surface area contributed by atoms with Gasteiger partial charge in [0.1, 0.15) is 0 Å². The Morgan fingerprint density at radius 1 is 0.459 bits per heavy atom. The van der Waals surface area contributed by atoms with Crippen LogP contribution in [0.5, 0.6) is 0 Å². The molecule has 8 aromatic rings. The molecule has 2 aromatic heterocycles. The lowest BCUT2D eigenvalue weighted by Crippen LogP contribution is -1.86. The molecular formula is C35H21NS. The second kappa shape index (κ2) is 7.99. The molecule has 0 aliphatic rings. The molecule has 0 unspecified atom stereocenters. The normalized spacial score (nSPS) is 11.8. The zero-order valence-electron chi connectivity index (χ0n) is 20.0. The van der Waals surface area contributed by atoms with Gasteiger partial charge in [-0.25, -0.2) is 0 Å². The molecule has 0 spiro atoms. The van der Waals surface area contributed by atoms with E-state index in [0.29, 0.717) is 0 Å². The standard InChI is InChI=1S/C35H21NS/c1-2-8-27-23(6-1)16-17-25-7-5-10-28(34(25)27)24-14-12-22(13-15-24)26-18-19-29-31(20-26)36-21-33-35(29)30-9-3-4-11-32(30)37-33/h1-21H. The molecule has 37 heavy (non-hydrogen) atoms. The van der Waals surface area contributed by atoms with Gasteiger partial charge in [0.05, 0.1) is 10.2 Å². The van der Waals surface area contributed by atoms with Crippen molar-refractivity contribution in [3.05, 3.63) is 128 Å². The van der Waals surface area contributed by atoms with Gasteiger partial charge in [0.15, 0.2) is 0 Å². The Labute approximate surface area is 218 Å². The first-order valence-electron chi connectivity index (χ1n) is 12.5. The maximum absolute atomic E-state index is 4.83. The van der Waals surface area contributed by atoms with Gasteiger partial charge in [0.2, 0.25) is 0 Å². The number of fused-ring (bicyclic) bond motifs is 8. The number of hydrogen-bond acceptors (Lipinski definition) is 2.